The van der Waals surface area contributed by atoms with Gasteiger partial charge in [-0.15, -0.1) is 11.8 Å². The zero-order chi connectivity index (χ0) is 24.0. The maximum absolute atomic E-state index is 13.0. The van der Waals surface area contributed by atoms with Crippen molar-refractivity contribution in [3.63, 3.8) is 0 Å². The fraction of sp³-hybridized carbons (Fsp3) is 0.474. The fourth-order valence-electron chi connectivity index (χ4n) is 3.47. The Hall–Kier alpha value is -2.61. The zero-order valence-corrected chi connectivity index (χ0v) is 17.4. The molecule has 0 aliphatic carbocycles. The summed E-state index contributed by atoms with van der Waals surface area (Å²) in [5, 5.41) is 17.0. The minimum atomic E-state index is -4.61. The van der Waals surface area contributed by atoms with Crippen LogP contribution in [0.3, 0.4) is 0 Å². The Balaban J connectivity index is 1.36. The van der Waals surface area contributed by atoms with Gasteiger partial charge in [-0.05, 0) is 18.2 Å². The van der Waals surface area contributed by atoms with Gasteiger partial charge in [-0.25, -0.2) is 4.68 Å². The minimum absolute atomic E-state index is 0.0755. The van der Waals surface area contributed by atoms with E-state index in [4.69, 9.17) is 9.47 Å². The van der Waals surface area contributed by atoms with E-state index >= 15 is 0 Å². The summed E-state index contributed by atoms with van der Waals surface area (Å²) in [6.07, 6.45) is -10.8. The Morgan fingerprint density at radius 3 is 2.67 bits per heavy atom. The van der Waals surface area contributed by atoms with Gasteiger partial charge in [0.2, 0.25) is 5.88 Å². The van der Waals surface area contributed by atoms with E-state index in [1.165, 1.54) is 10.7 Å². The van der Waals surface area contributed by atoms with Crippen LogP contribution in [-0.4, -0.2) is 57.2 Å². The quantitative estimate of drug-likeness (QED) is 0.618. The molecule has 0 saturated carbocycles. The molecule has 0 bridgehead atoms. The van der Waals surface area contributed by atoms with Gasteiger partial charge in [0, 0.05) is 17.4 Å². The first-order chi connectivity index (χ1) is 15.4. The minimum Gasteiger partial charge on any atom is -0.491 e. The smallest absolute Gasteiger partial charge is 0.416 e. The highest BCUT2D eigenvalue weighted by Crippen LogP contribution is 2.38. The molecule has 0 saturated heterocycles. The van der Waals surface area contributed by atoms with Crippen LogP contribution in [0, 0.1) is 0 Å². The second-order valence-electron chi connectivity index (χ2n) is 7.51. The lowest BCUT2D eigenvalue weighted by molar-refractivity contribution is -0.137. The maximum Gasteiger partial charge on any atom is 0.416 e. The number of aliphatic hydroxyl groups is 1. The lowest BCUT2D eigenvalue weighted by atomic mass is 9.97. The van der Waals surface area contributed by atoms with E-state index in [9.17, 15) is 36.2 Å². The van der Waals surface area contributed by atoms with Gasteiger partial charge in [-0.3, -0.25) is 4.79 Å². The van der Waals surface area contributed by atoms with Crippen molar-refractivity contribution in [2.24, 2.45) is 0 Å². The number of aromatic nitrogens is 2. The molecule has 0 radical (unpaired) electrons. The second-order valence-corrected chi connectivity index (χ2v) is 8.54. The highest BCUT2D eigenvalue weighted by molar-refractivity contribution is 7.99. The monoisotopic (exact) mass is 497 g/mol. The van der Waals surface area contributed by atoms with Gasteiger partial charge in [0.15, 0.2) is 5.69 Å². The van der Waals surface area contributed by atoms with Gasteiger partial charge in [0.1, 0.15) is 24.6 Å². The number of nitrogens with zero attached hydrogens (tertiary/aromatic N) is 2. The molecule has 3 atom stereocenters. The van der Waals surface area contributed by atoms with Crippen molar-refractivity contribution in [2.45, 2.75) is 37.1 Å². The molecule has 2 aromatic rings. The lowest BCUT2D eigenvalue weighted by Gasteiger charge is -2.31. The van der Waals surface area contributed by atoms with Crippen LogP contribution >= 0.6 is 11.8 Å². The molecule has 2 N–H and O–H groups in total. The topological polar surface area (TPSA) is 85.6 Å². The molecule has 1 aromatic carbocycles. The summed E-state index contributed by atoms with van der Waals surface area (Å²) in [5.74, 6) is -1.33. The second kappa shape index (κ2) is 8.63. The number of amides is 1. The summed E-state index contributed by atoms with van der Waals surface area (Å²) < 4.78 is 87.9. The molecule has 180 valence electrons. The predicted octanol–water partition coefficient (Wildman–Crippen LogP) is 3.18. The number of halogens is 6. The van der Waals surface area contributed by atoms with Crippen LogP contribution < -0.4 is 14.8 Å². The summed E-state index contributed by atoms with van der Waals surface area (Å²) in [6.45, 7) is -0.00985. The van der Waals surface area contributed by atoms with Gasteiger partial charge >= 0.3 is 12.4 Å². The highest BCUT2D eigenvalue weighted by Gasteiger charge is 2.37. The average molecular weight is 497 g/mol. The molecule has 2 aliphatic heterocycles. The van der Waals surface area contributed by atoms with Crippen LogP contribution in [0.1, 0.15) is 27.7 Å². The van der Waals surface area contributed by atoms with E-state index in [0.717, 1.165) is 18.2 Å². The van der Waals surface area contributed by atoms with Crippen molar-refractivity contribution in [3.8, 4) is 11.6 Å². The van der Waals surface area contributed by atoms with Crippen LogP contribution in [0.25, 0.3) is 0 Å². The van der Waals surface area contributed by atoms with Crippen LogP contribution in [0.4, 0.5) is 26.3 Å². The van der Waals surface area contributed by atoms with E-state index in [0.29, 0.717) is 11.8 Å². The first-order valence-corrected chi connectivity index (χ1v) is 10.8. The molecule has 1 aromatic heterocycles. The Kier molecular flexibility index (Phi) is 6.16. The lowest BCUT2D eigenvalue weighted by Crippen LogP contribution is -2.45. The van der Waals surface area contributed by atoms with E-state index in [-0.39, 0.29) is 41.8 Å². The molecule has 7 nitrogen and oxygen atoms in total. The molecule has 1 unspecified atom stereocenters. The molecule has 2 aliphatic rings. The number of thioether (sulfide) groups is 1. The van der Waals surface area contributed by atoms with E-state index in [1.54, 1.807) is 0 Å². The highest BCUT2D eigenvalue weighted by atomic mass is 32.2. The summed E-state index contributed by atoms with van der Waals surface area (Å²) in [6, 6.07) is 2.99. The molecular weight excluding hydrogens is 480 g/mol. The van der Waals surface area contributed by atoms with Crippen LogP contribution in [0.15, 0.2) is 24.3 Å². The number of fused-ring (bicyclic) bond motifs is 2. The van der Waals surface area contributed by atoms with Crippen molar-refractivity contribution in [1.82, 2.24) is 15.1 Å². The number of benzene rings is 1. The summed E-state index contributed by atoms with van der Waals surface area (Å²) >= 11 is 0.680. The molecule has 3 heterocycles. The number of alkyl halides is 6. The standard InChI is InChI=1S/C19H17F6N3O4S/c20-18(21,22)8-33-7-10-5-28-15(32-10)4-12(27-28)17(30)26-13-6-31-14-2-1-9(19(23,24)25)3-11(14)16(13)29/h1-4,10,13,16,29H,5-8H2,(H,26,30)/t10-,13+,16?/m1/s1. The molecule has 33 heavy (non-hydrogen) atoms. The van der Waals surface area contributed by atoms with E-state index in [1.807, 2.05) is 0 Å². The Morgan fingerprint density at radius 2 is 2.00 bits per heavy atom. The number of ether oxygens (including phenoxy) is 2. The number of carbonyl (C=O) groups excluding carboxylic acids is 1. The largest absolute Gasteiger partial charge is 0.491 e. The summed E-state index contributed by atoms with van der Waals surface area (Å²) in [7, 11) is 0. The maximum atomic E-state index is 13.0. The number of aliphatic hydroxyl groups excluding tert-OH is 1. The Bertz CT molecular complexity index is 1020. The molecule has 0 spiro atoms. The first-order valence-electron chi connectivity index (χ1n) is 9.62. The van der Waals surface area contributed by atoms with Crippen molar-refractivity contribution in [1.29, 1.82) is 0 Å². The molecule has 1 amide bonds. The van der Waals surface area contributed by atoms with Gasteiger partial charge in [0.25, 0.3) is 5.91 Å². The zero-order valence-electron chi connectivity index (χ0n) is 16.6. The SMILES string of the molecule is O=C(N[C@H]1COc2ccc(C(F)(F)F)cc2C1O)c1cc2n(n1)C[C@H](CSCC(F)(F)F)O2. The van der Waals surface area contributed by atoms with E-state index < -0.39 is 47.8 Å². The van der Waals surface area contributed by atoms with Crippen molar-refractivity contribution < 1.29 is 45.7 Å². The predicted molar refractivity (Wildman–Crippen MR) is 103 cm³/mol. The third kappa shape index (κ3) is 5.32. The third-order valence-electron chi connectivity index (χ3n) is 4.98. The van der Waals surface area contributed by atoms with Crippen LogP contribution in [-0.2, 0) is 12.7 Å². The molecule has 0 fully saturated rings. The van der Waals surface area contributed by atoms with Crippen LogP contribution in [0.2, 0.25) is 0 Å². The van der Waals surface area contributed by atoms with Gasteiger partial charge < -0.3 is 19.9 Å². The number of hydrogen-bond donors (Lipinski definition) is 2. The average Bonchev–Trinajstić information content (AvgIpc) is 3.27. The number of carbonyl (C=O) groups is 1. The van der Waals surface area contributed by atoms with Crippen molar-refractivity contribution >= 4 is 17.7 Å². The van der Waals surface area contributed by atoms with Gasteiger partial charge in [-0.2, -0.15) is 31.4 Å². The molecular formula is C19H17F6N3O4S. The summed E-state index contributed by atoms with van der Waals surface area (Å²) in [5.41, 5.74) is -1.13. The van der Waals surface area contributed by atoms with Crippen molar-refractivity contribution in [3.05, 3.63) is 41.1 Å². The fourth-order valence-corrected chi connectivity index (χ4v) is 4.25. The molecule has 14 heteroatoms. The number of rotatable bonds is 5. The Morgan fingerprint density at radius 1 is 1.24 bits per heavy atom. The third-order valence-corrected chi connectivity index (χ3v) is 6.12. The van der Waals surface area contributed by atoms with Crippen molar-refractivity contribution in [2.75, 3.05) is 18.1 Å². The normalized spacial score (nSPS) is 22.2. The summed E-state index contributed by atoms with van der Waals surface area (Å²) in [4.78, 5) is 12.5. The Labute approximate surface area is 187 Å². The number of hydrogen-bond acceptors (Lipinski definition) is 6. The van der Waals surface area contributed by atoms with Crippen LogP contribution in [0.5, 0.6) is 11.6 Å². The number of nitrogens with one attached hydrogen (secondary N) is 1. The van der Waals surface area contributed by atoms with Gasteiger partial charge in [0.05, 0.1) is 23.9 Å². The first kappa shape index (κ1) is 23.5. The van der Waals surface area contributed by atoms with Gasteiger partial charge in [-0.1, -0.05) is 0 Å². The van der Waals surface area contributed by atoms with E-state index in [2.05, 4.69) is 10.4 Å². The molecule has 4 rings (SSSR count).